The number of methoxy groups -OCH3 is 1. The minimum absolute atomic E-state index is 0.0174. The summed E-state index contributed by atoms with van der Waals surface area (Å²) in [4.78, 5) is 16.5. The van der Waals surface area contributed by atoms with E-state index in [4.69, 9.17) is 16.3 Å². The summed E-state index contributed by atoms with van der Waals surface area (Å²) in [6, 6.07) is 15.1. The summed E-state index contributed by atoms with van der Waals surface area (Å²) < 4.78 is 18.5. The lowest BCUT2D eigenvalue weighted by Crippen LogP contribution is -2.24. The Bertz CT molecular complexity index is 965. The minimum Gasteiger partial charge on any atom is -0.496 e. The Morgan fingerprint density at radius 1 is 1.15 bits per heavy atom. The van der Waals surface area contributed by atoms with E-state index in [9.17, 15) is 9.18 Å². The number of nitrogens with one attached hydrogen (secondary N) is 2. The molecule has 0 fully saturated rings. The summed E-state index contributed by atoms with van der Waals surface area (Å²) in [5.74, 6) is -0.107. The summed E-state index contributed by atoms with van der Waals surface area (Å²) >= 11 is 5.78. The van der Waals surface area contributed by atoms with Gasteiger partial charge in [0, 0.05) is 29.7 Å². The number of pyridine rings is 1. The summed E-state index contributed by atoms with van der Waals surface area (Å²) in [5.41, 5.74) is 2.36. The Kier molecular flexibility index (Phi) is 5.88. The predicted octanol–water partition coefficient (Wildman–Crippen LogP) is 4.56. The quantitative estimate of drug-likeness (QED) is 0.653. The molecule has 1 heterocycles. The number of hydrogen-bond acceptors (Lipinski definition) is 4. The van der Waals surface area contributed by atoms with Gasteiger partial charge in [-0.1, -0.05) is 29.8 Å². The lowest BCUT2D eigenvalue weighted by Gasteiger charge is -2.11. The molecule has 0 aliphatic rings. The molecule has 0 saturated carbocycles. The third-order valence-corrected chi connectivity index (χ3v) is 4.12. The first kappa shape index (κ1) is 18.7. The van der Waals surface area contributed by atoms with Crippen molar-refractivity contribution in [2.24, 2.45) is 0 Å². The average Bonchev–Trinajstić information content (AvgIpc) is 2.69. The monoisotopic (exact) mass is 385 g/mol. The van der Waals surface area contributed by atoms with Gasteiger partial charge in [-0.15, -0.1) is 0 Å². The van der Waals surface area contributed by atoms with Gasteiger partial charge in [0.2, 0.25) is 0 Å². The average molecular weight is 386 g/mol. The number of benzene rings is 2. The van der Waals surface area contributed by atoms with Crippen LogP contribution in [0, 0.1) is 5.82 Å². The maximum absolute atomic E-state index is 13.3. The molecular formula is C20H17ClFN3O2. The van der Waals surface area contributed by atoms with Crippen LogP contribution < -0.4 is 15.4 Å². The molecule has 138 valence electrons. The summed E-state index contributed by atoms with van der Waals surface area (Å²) in [7, 11) is 1.58. The van der Waals surface area contributed by atoms with Crippen molar-refractivity contribution >= 4 is 28.9 Å². The number of aromatic nitrogens is 1. The highest BCUT2D eigenvalue weighted by Gasteiger charge is 2.10. The first-order valence-electron chi connectivity index (χ1n) is 8.15. The van der Waals surface area contributed by atoms with Gasteiger partial charge in [0.05, 0.1) is 12.1 Å². The molecule has 0 aliphatic heterocycles. The van der Waals surface area contributed by atoms with Crippen LogP contribution in [0.2, 0.25) is 5.02 Å². The second kappa shape index (κ2) is 8.51. The Morgan fingerprint density at radius 2 is 1.93 bits per heavy atom. The normalized spacial score (nSPS) is 10.3. The molecule has 7 heteroatoms. The largest absolute Gasteiger partial charge is 0.496 e. The second-order valence-electron chi connectivity index (χ2n) is 5.68. The van der Waals surface area contributed by atoms with Gasteiger partial charge >= 0.3 is 0 Å². The summed E-state index contributed by atoms with van der Waals surface area (Å²) in [6.07, 6.45) is 1.52. The highest BCUT2D eigenvalue weighted by atomic mass is 35.5. The second-order valence-corrected chi connectivity index (χ2v) is 6.09. The van der Waals surface area contributed by atoms with Crippen molar-refractivity contribution < 1.29 is 13.9 Å². The van der Waals surface area contributed by atoms with Crippen molar-refractivity contribution in [2.45, 2.75) is 6.54 Å². The Hall–Kier alpha value is -3.12. The van der Waals surface area contributed by atoms with E-state index in [-0.39, 0.29) is 16.6 Å². The zero-order chi connectivity index (χ0) is 19.2. The first-order valence-corrected chi connectivity index (χ1v) is 8.53. The number of halogens is 2. The van der Waals surface area contributed by atoms with E-state index < -0.39 is 5.82 Å². The number of carbonyl (C=O) groups excluding carboxylic acids is 1. The maximum Gasteiger partial charge on any atom is 0.270 e. The molecule has 0 unspecified atom stereocenters. The Morgan fingerprint density at radius 3 is 2.70 bits per heavy atom. The van der Waals surface area contributed by atoms with Gasteiger partial charge in [0.1, 0.15) is 17.3 Å². The fourth-order valence-corrected chi connectivity index (χ4v) is 2.67. The van der Waals surface area contributed by atoms with Crippen molar-refractivity contribution in [1.29, 1.82) is 0 Å². The van der Waals surface area contributed by atoms with Crippen LogP contribution >= 0.6 is 11.6 Å². The van der Waals surface area contributed by atoms with Crippen LogP contribution in [0.3, 0.4) is 0 Å². The van der Waals surface area contributed by atoms with E-state index in [1.807, 2.05) is 24.3 Å². The fourth-order valence-electron chi connectivity index (χ4n) is 2.49. The molecule has 0 aliphatic carbocycles. The fraction of sp³-hybridized carbons (Fsp3) is 0.100. The summed E-state index contributed by atoms with van der Waals surface area (Å²) in [6.45, 7) is 0.315. The molecular weight excluding hydrogens is 369 g/mol. The van der Waals surface area contributed by atoms with Crippen LogP contribution in [0.4, 0.5) is 15.8 Å². The van der Waals surface area contributed by atoms with Crippen molar-refractivity contribution in [1.82, 2.24) is 10.3 Å². The molecule has 0 radical (unpaired) electrons. The molecule has 0 atom stereocenters. The maximum atomic E-state index is 13.3. The van der Waals surface area contributed by atoms with Gasteiger partial charge in [-0.25, -0.2) is 4.39 Å². The number of carbonyl (C=O) groups is 1. The molecule has 1 aromatic heterocycles. The first-order chi connectivity index (χ1) is 13.1. The number of anilines is 2. The molecule has 0 saturated heterocycles. The van der Waals surface area contributed by atoms with Gasteiger partial charge in [-0.3, -0.25) is 9.78 Å². The smallest absolute Gasteiger partial charge is 0.270 e. The van der Waals surface area contributed by atoms with E-state index in [0.717, 1.165) is 5.56 Å². The predicted molar refractivity (Wildman–Crippen MR) is 103 cm³/mol. The molecule has 27 heavy (non-hydrogen) atoms. The van der Waals surface area contributed by atoms with E-state index in [2.05, 4.69) is 15.6 Å². The summed E-state index contributed by atoms with van der Waals surface area (Å²) in [5, 5.41) is 5.90. The Balaban J connectivity index is 1.69. The van der Waals surface area contributed by atoms with Crippen molar-refractivity contribution in [3.05, 3.63) is 82.9 Å². The van der Waals surface area contributed by atoms with Crippen LogP contribution in [-0.4, -0.2) is 18.0 Å². The molecule has 0 spiro atoms. The number of rotatable bonds is 6. The molecule has 5 nitrogen and oxygen atoms in total. The van der Waals surface area contributed by atoms with Gasteiger partial charge < -0.3 is 15.4 Å². The van der Waals surface area contributed by atoms with E-state index in [0.29, 0.717) is 23.7 Å². The zero-order valence-electron chi connectivity index (χ0n) is 14.5. The van der Waals surface area contributed by atoms with Gasteiger partial charge in [0.25, 0.3) is 5.91 Å². The number of ether oxygens (including phenoxy) is 1. The lowest BCUT2D eigenvalue weighted by atomic mass is 10.2. The van der Waals surface area contributed by atoms with Crippen LogP contribution in [0.1, 0.15) is 16.1 Å². The molecule has 3 rings (SSSR count). The highest BCUT2D eigenvalue weighted by Crippen LogP contribution is 2.23. The Labute approximate surface area is 161 Å². The van der Waals surface area contributed by atoms with Gasteiger partial charge in [0.15, 0.2) is 0 Å². The van der Waals surface area contributed by atoms with Crippen LogP contribution in [0.25, 0.3) is 0 Å². The number of amides is 1. The van der Waals surface area contributed by atoms with Crippen molar-refractivity contribution in [3.63, 3.8) is 0 Å². The number of para-hydroxylation sites is 1. The van der Waals surface area contributed by atoms with E-state index in [1.54, 1.807) is 25.3 Å². The van der Waals surface area contributed by atoms with Gasteiger partial charge in [-0.2, -0.15) is 0 Å². The minimum atomic E-state index is -0.492. The van der Waals surface area contributed by atoms with E-state index >= 15 is 0 Å². The van der Waals surface area contributed by atoms with Crippen LogP contribution in [-0.2, 0) is 6.54 Å². The number of nitrogens with zero attached hydrogens (tertiary/aromatic N) is 1. The van der Waals surface area contributed by atoms with Crippen molar-refractivity contribution in [2.75, 3.05) is 12.4 Å². The van der Waals surface area contributed by atoms with Gasteiger partial charge in [-0.05, 0) is 36.4 Å². The SMILES string of the molecule is COc1ccccc1CNC(=O)c1cc(Nc2ccc(F)c(Cl)c2)ccn1. The highest BCUT2D eigenvalue weighted by molar-refractivity contribution is 6.31. The van der Waals surface area contributed by atoms with Crippen molar-refractivity contribution in [3.8, 4) is 5.75 Å². The molecule has 0 bridgehead atoms. The topological polar surface area (TPSA) is 63.2 Å². The molecule has 2 aromatic carbocycles. The van der Waals surface area contributed by atoms with Crippen LogP contribution in [0.5, 0.6) is 5.75 Å². The zero-order valence-corrected chi connectivity index (χ0v) is 15.3. The molecule has 3 aromatic rings. The van der Waals surface area contributed by atoms with Crippen LogP contribution in [0.15, 0.2) is 60.8 Å². The molecule has 2 N–H and O–H groups in total. The standard InChI is InChI=1S/C20H17ClFN3O2/c1-27-19-5-3-2-4-13(19)12-24-20(26)18-11-15(8-9-23-18)25-14-6-7-17(22)16(21)10-14/h2-11H,12H2,1H3,(H,23,25)(H,24,26). The third kappa shape index (κ3) is 4.74. The number of hydrogen-bond donors (Lipinski definition) is 2. The van der Waals surface area contributed by atoms with E-state index in [1.165, 1.54) is 18.3 Å². The third-order valence-electron chi connectivity index (χ3n) is 3.83. The lowest BCUT2D eigenvalue weighted by molar-refractivity contribution is 0.0945. The molecule has 1 amide bonds.